The van der Waals surface area contributed by atoms with E-state index in [1.807, 2.05) is 0 Å². The molecule has 0 unspecified atom stereocenters. The average Bonchev–Trinajstić information content (AvgIpc) is 2.96. The molecule has 42 heteroatoms. The zero-order valence-corrected chi connectivity index (χ0v) is 26.1. The van der Waals surface area contributed by atoms with Crippen molar-refractivity contribution in [2.45, 2.75) is 101 Å². The van der Waals surface area contributed by atoms with Crippen LogP contribution >= 0.6 is 0 Å². The maximum absolute atomic E-state index is 13.8. The Hall–Kier alpha value is -2.69. The van der Waals surface area contributed by atoms with Crippen molar-refractivity contribution in [3.63, 3.8) is 0 Å². The van der Waals surface area contributed by atoms with Gasteiger partial charge in [-0.25, -0.2) is 9.47 Å². The van der Waals surface area contributed by atoms with Gasteiger partial charge in [-0.3, -0.25) is 4.18 Å². The quantitative estimate of drug-likeness (QED) is 0.0953. The maximum atomic E-state index is 13.8. The maximum Gasteiger partial charge on any atom is 0.460 e. The number of alkyl halides is 36. The Morgan fingerprint density at radius 3 is 0.783 bits per heavy atom. The molecule has 0 aliphatic heterocycles. The van der Waals surface area contributed by atoms with Crippen LogP contribution in [0.5, 0.6) is 0 Å². The molecule has 0 aliphatic carbocycles. The van der Waals surface area contributed by atoms with E-state index in [4.69, 9.17) is 0 Å². The van der Waals surface area contributed by atoms with Crippen molar-refractivity contribution in [1.82, 2.24) is 0 Å². The number of rotatable bonds is 19. The van der Waals surface area contributed by atoms with E-state index in [0.29, 0.717) is 9.47 Å². The molecule has 0 amide bonds. The van der Waals surface area contributed by atoms with Crippen LogP contribution in [0.1, 0.15) is 0 Å². The van der Waals surface area contributed by atoms with Crippen LogP contribution in [0, 0.1) is 0 Å². The van der Waals surface area contributed by atoms with Crippen molar-refractivity contribution in [1.29, 1.82) is 0 Å². The molecule has 0 fully saturated rings. The van der Waals surface area contributed by atoms with Crippen LogP contribution in [0.15, 0.2) is 0 Å². The Kier molecular flexibility index (Phi) is 13.8. The Bertz CT molecular complexity index is 1650. The van der Waals surface area contributed by atoms with Gasteiger partial charge in [-0.2, -0.15) is 166 Å². The normalized spacial score (nSPS) is 17.1. The summed E-state index contributed by atoms with van der Waals surface area (Å²) in [6.07, 6.45) is -52.2. The molecule has 0 rings (SSSR count). The highest BCUT2D eigenvalue weighted by Crippen LogP contribution is 2.63. The summed E-state index contributed by atoms with van der Waals surface area (Å²) in [6, 6.07) is 0. The van der Waals surface area contributed by atoms with E-state index >= 15 is 0 Å². The monoisotopic (exact) mass is 1010 g/mol. The van der Waals surface area contributed by atoms with Crippen molar-refractivity contribution < 1.29 is 180 Å². The van der Waals surface area contributed by atoms with Crippen molar-refractivity contribution in [2.75, 3.05) is 6.61 Å². The second-order valence-electron chi connectivity index (χ2n) is 10.4. The zero-order chi connectivity index (χ0) is 49.8. The molecule has 0 N–H and O–H groups in total. The minimum atomic E-state index is -9.37. The summed E-state index contributed by atoms with van der Waals surface area (Å²) in [5.41, 5.74) is 0. The first-order chi connectivity index (χ1) is 25.1. The Morgan fingerprint density at radius 2 is 0.517 bits per heavy atom. The van der Waals surface area contributed by atoms with Gasteiger partial charge in [0.2, 0.25) is 0 Å². The highest BCUT2D eigenvalue weighted by molar-refractivity contribution is 7.87. The number of ether oxygens (including phenoxy) is 2. The van der Waals surface area contributed by atoms with Gasteiger partial charge in [-0.15, -0.1) is 0 Å². The largest absolute Gasteiger partial charge is 0.460 e. The van der Waals surface area contributed by atoms with Crippen LogP contribution in [0.3, 0.4) is 0 Å². The third-order valence-corrected chi connectivity index (χ3v) is 7.51. The Balaban J connectivity index is 6.95. The average molecular weight is 1010 g/mol. The van der Waals surface area contributed by atoms with E-state index in [-0.39, 0.29) is 0 Å². The van der Waals surface area contributed by atoms with Gasteiger partial charge in [0.15, 0.2) is 0 Å². The zero-order valence-electron chi connectivity index (χ0n) is 25.3. The van der Waals surface area contributed by atoms with Crippen LogP contribution in [-0.4, -0.2) is 116 Å². The molecule has 0 aromatic carbocycles. The number of halogens is 36. The van der Waals surface area contributed by atoms with Crippen LogP contribution in [0.25, 0.3) is 0 Å². The summed E-state index contributed by atoms with van der Waals surface area (Å²) in [6.45, 7) is -5.06. The van der Waals surface area contributed by atoms with E-state index in [9.17, 15) is 166 Å². The Labute approximate surface area is 299 Å². The molecule has 0 atom stereocenters. The summed E-state index contributed by atoms with van der Waals surface area (Å²) in [5.74, 6) is -89.2. The molecule has 0 aliphatic rings. The SMILES string of the molecule is O=S(=O)(OCC(F)(F)C(F)(F)C(F)(F)C(F)(F)C(F)(F)OC(F)(F)C(F)(F)OC(F)(F)C(F)(F)C(F)(F)C(F)(F)C(F)(F)C(F)(F)F)C(F)(F)C(F)(F)C(F)(F)C(F)(F)F. The topological polar surface area (TPSA) is 61.8 Å². The summed E-state index contributed by atoms with van der Waals surface area (Å²) in [7, 11) is -8.93. The second-order valence-corrected chi connectivity index (χ2v) is 12.0. The molecule has 5 nitrogen and oxygen atoms in total. The van der Waals surface area contributed by atoms with Crippen molar-refractivity contribution in [2.24, 2.45) is 0 Å². The first kappa shape index (κ1) is 57.3. The molecule has 0 radical (unpaired) electrons. The van der Waals surface area contributed by atoms with Gasteiger partial charge in [-0.05, 0) is 0 Å². The summed E-state index contributed by atoms with van der Waals surface area (Å²) in [4.78, 5) is 0. The third-order valence-electron chi connectivity index (χ3n) is 6.19. The van der Waals surface area contributed by atoms with Gasteiger partial charge < -0.3 is 0 Å². The molecule has 0 spiro atoms. The first-order valence-electron chi connectivity index (χ1n) is 12.2. The van der Waals surface area contributed by atoms with Gasteiger partial charge in [0, 0.05) is 0 Å². The van der Waals surface area contributed by atoms with Gasteiger partial charge in [0.05, 0.1) is 0 Å². The number of hydrogen-bond acceptors (Lipinski definition) is 5. The predicted molar refractivity (Wildman–Crippen MR) is 103 cm³/mol. The lowest BCUT2D eigenvalue weighted by atomic mass is 9.97. The van der Waals surface area contributed by atoms with Crippen LogP contribution in [-0.2, 0) is 23.8 Å². The summed E-state index contributed by atoms with van der Waals surface area (Å²) >= 11 is 0. The minimum absolute atomic E-state index is 0.693. The molecule has 0 aromatic heterocycles. The van der Waals surface area contributed by atoms with Gasteiger partial charge >= 0.3 is 111 Å². The lowest BCUT2D eigenvalue weighted by Crippen LogP contribution is -2.71. The van der Waals surface area contributed by atoms with E-state index < -0.39 is 118 Å². The van der Waals surface area contributed by atoms with Crippen molar-refractivity contribution >= 4 is 10.1 Å². The molecule has 362 valence electrons. The third kappa shape index (κ3) is 8.06. The highest BCUT2D eigenvalue weighted by atomic mass is 32.2. The van der Waals surface area contributed by atoms with E-state index in [2.05, 4.69) is 0 Å². The predicted octanol–water partition coefficient (Wildman–Crippen LogP) is 10.8. The van der Waals surface area contributed by atoms with E-state index in [0.717, 1.165) is 0 Å². The second kappa shape index (κ2) is 14.4. The smallest absolute Gasteiger partial charge is 0.259 e. The minimum Gasteiger partial charge on any atom is -0.259 e. The van der Waals surface area contributed by atoms with E-state index in [1.165, 1.54) is 0 Å². The van der Waals surface area contributed by atoms with Gasteiger partial charge in [0.25, 0.3) is 0 Å². The Morgan fingerprint density at radius 1 is 0.283 bits per heavy atom. The fourth-order valence-electron chi connectivity index (χ4n) is 2.77. The fourth-order valence-corrected chi connectivity index (χ4v) is 3.66. The fraction of sp³-hybridized carbons (Fsp3) is 1.00. The number of hydrogen-bond donors (Lipinski definition) is 0. The van der Waals surface area contributed by atoms with Crippen LogP contribution < -0.4 is 0 Å². The van der Waals surface area contributed by atoms with Crippen LogP contribution in [0.4, 0.5) is 158 Å². The summed E-state index contributed by atoms with van der Waals surface area (Å²) in [5, 5.41) is -8.40. The molecule has 0 heterocycles. The molecule has 0 bridgehead atoms. The van der Waals surface area contributed by atoms with Crippen molar-refractivity contribution in [3.8, 4) is 0 Å². The van der Waals surface area contributed by atoms with Gasteiger partial charge in [0.1, 0.15) is 6.61 Å². The first-order valence-corrected chi connectivity index (χ1v) is 13.6. The van der Waals surface area contributed by atoms with Crippen molar-refractivity contribution in [3.05, 3.63) is 0 Å². The van der Waals surface area contributed by atoms with Gasteiger partial charge in [-0.1, -0.05) is 0 Å². The molecular formula is C18H2F36O5S. The molecule has 0 aromatic rings. The molecule has 60 heavy (non-hydrogen) atoms. The lowest BCUT2D eigenvalue weighted by molar-refractivity contribution is -0.559. The molecular weight excluding hydrogens is 1010 g/mol. The molecule has 0 saturated heterocycles. The molecule has 0 saturated carbocycles. The van der Waals surface area contributed by atoms with E-state index in [1.54, 1.807) is 4.18 Å². The van der Waals surface area contributed by atoms with Crippen LogP contribution in [0.2, 0.25) is 0 Å². The standard InChI is InChI=1S/C18H2F36O5S/c19-2(20,1-57-60(55,56)18(53,54)11(37,38)8(31,32)13(42,43)44)3(21,22)4(23,24)9(33,34)14(45,46)58-16(49,50)17(51,52)59-15(47,48)10(35,36)6(27,28)5(25,26)7(29,30)12(39,40)41/h1H2. The lowest BCUT2D eigenvalue weighted by Gasteiger charge is -2.41. The summed E-state index contributed by atoms with van der Waals surface area (Å²) < 4.78 is 500. The highest BCUT2D eigenvalue weighted by Gasteiger charge is 2.93.